The molecule has 0 amide bonds. The van der Waals surface area contributed by atoms with Crippen molar-refractivity contribution in [3.05, 3.63) is 63.5 Å². The van der Waals surface area contributed by atoms with Gasteiger partial charge in [-0.25, -0.2) is 0 Å². The predicted molar refractivity (Wildman–Crippen MR) is 90.1 cm³/mol. The molecule has 0 aliphatic heterocycles. The van der Waals surface area contributed by atoms with Crippen molar-refractivity contribution in [3.63, 3.8) is 0 Å². The number of anilines is 1. The van der Waals surface area contributed by atoms with Crippen molar-refractivity contribution in [1.29, 1.82) is 5.26 Å². The Hall–Kier alpha value is -2.02. The number of nitrogens with zero attached hydrogens (tertiary/aromatic N) is 1. The first kappa shape index (κ1) is 13.9. The second-order valence-corrected chi connectivity index (χ2v) is 6.31. The van der Waals surface area contributed by atoms with Crippen molar-refractivity contribution in [2.45, 2.75) is 13.5 Å². The van der Waals surface area contributed by atoms with Gasteiger partial charge in [-0.15, -0.1) is 11.3 Å². The summed E-state index contributed by atoms with van der Waals surface area (Å²) in [4.78, 5) is 1.09. The number of thiophene rings is 1. The monoisotopic (exact) mass is 312 g/mol. The van der Waals surface area contributed by atoms with Crippen LogP contribution >= 0.6 is 22.9 Å². The van der Waals surface area contributed by atoms with E-state index in [0.717, 1.165) is 26.5 Å². The van der Waals surface area contributed by atoms with Gasteiger partial charge in [-0.1, -0.05) is 41.9 Å². The highest BCUT2D eigenvalue weighted by molar-refractivity contribution is 7.19. The summed E-state index contributed by atoms with van der Waals surface area (Å²) in [6, 6.07) is 16.2. The Labute approximate surface area is 132 Å². The van der Waals surface area contributed by atoms with Gasteiger partial charge in [-0.05, 0) is 24.6 Å². The van der Waals surface area contributed by atoms with Crippen LogP contribution in [0.3, 0.4) is 0 Å². The molecule has 21 heavy (non-hydrogen) atoms. The van der Waals surface area contributed by atoms with Crippen molar-refractivity contribution in [2.75, 3.05) is 5.32 Å². The van der Waals surface area contributed by atoms with Crippen LogP contribution in [0.2, 0.25) is 5.02 Å². The fraction of sp³-hybridized carbons (Fsp3) is 0.118. The third-order valence-electron chi connectivity index (χ3n) is 3.43. The number of nitriles is 1. The first-order valence-electron chi connectivity index (χ1n) is 6.60. The average molecular weight is 313 g/mol. The van der Waals surface area contributed by atoms with Crippen LogP contribution in [0.4, 0.5) is 5.69 Å². The fourth-order valence-corrected chi connectivity index (χ4v) is 3.76. The Kier molecular flexibility index (Phi) is 3.83. The van der Waals surface area contributed by atoms with Gasteiger partial charge < -0.3 is 5.32 Å². The molecule has 1 N–H and O–H groups in total. The molecular formula is C17H13ClN2S. The number of hydrogen-bond donors (Lipinski definition) is 1. The molecule has 0 radical (unpaired) electrons. The number of rotatable bonds is 3. The molecule has 1 heterocycles. The maximum absolute atomic E-state index is 9.25. The summed E-state index contributed by atoms with van der Waals surface area (Å²) in [5.74, 6) is 0. The lowest BCUT2D eigenvalue weighted by Crippen LogP contribution is -2.01. The van der Waals surface area contributed by atoms with Gasteiger partial charge in [0.15, 0.2) is 0 Å². The van der Waals surface area contributed by atoms with Crippen LogP contribution < -0.4 is 5.32 Å². The van der Waals surface area contributed by atoms with E-state index in [9.17, 15) is 5.26 Å². The predicted octanol–water partition coefficient (Wildman–Crippen LogP) is 5.35. The lowest BCUT2D eigenvalue weighted by Gasteiger charge is -2.09. The van der Waals surface area contributed by atoms with E-state index in [4.69, 9.17) is 11.6 Å². The zero-order valence-corrected chi connectivity index (χ0v) is 13.1. The number of aryl methyl sites for hydroxylation is 1. The molecule has 2 aromatic carbocycles. The van der Waals surface area contributed by atoms with Crippen molar-refractivity contribution >= 4 is 38.7 Å². The van der Waals surface area contributed by atoms with Gasteiger partial charge in [0.2, 0.25) is 0 Å². The van der Waals surface area contributed by atoms with E-state index in [1.165, 1.54) is 4.70 Å². The van der Waals surface area contributed by atoms with Crippen molar-refractivity contribution in [2.24, 2.45) is 0 Å². The lowest BCUT2D eigenvalue weighted by molar-refractivity contribution is 1.18. The van der Waals surface area contributed by atoms with Gasteiger partial charge >= 0.3 is 0 Å². The SMILES string of the molecule is Cc1cccc(NCc2sc3ccccc3c2Cl)c1C#N. The molecule has 0 aliphatic carbocycles. The second kappa shape index (κ2) is 5.77. The molecule has 0 atom stereocenters. The highest BCUT2D eigenvalue weighted by Gasteiger charge is 2.10. The molecule has 0 saturated carbocycles. The Bertz CT molecular complexity index is 846. The molecule has 4 heteroatoms. The molecular weight excluding hydrogens is 300 g/mol. The topological polar surface area (TPSA) is 35.8 Å². The average Bonchev–Trinajstić information content (AvgIpc) is 2.82. The molecule has 0 saturated heterocycles. The summed E-state index contributed by atoms with van der Waals surface area (Å²) in [6.07, 6.45) is 0. The highest BCUT2D eigenvalue weighted by Crippen LogP contribution is 2.35. The Morgan fingerprint density at radius 1 is 1.19 bits per heavy atom. The van der Waals surface area contributed by atoms with Gasteiger partial charge in [-0.2, -0.15) is 5.26 Å². The lowest BCUT2D eigenvalue weighted by atomic mass is 10.1. The van der Waals surface area contributed by atoms with Crippen LogP contribution in [0, 0.1) is 18.3 Å². The molecule has 0 spiro atoms. The minimum Gasteiger partial charge on any atom is -0.379 e. The minimum atomic E-state index is 0.621. The second-order valence-electron chi connectivity index (χ2n) is 4.80. The molecule has 104 valence electrons. The quantitative estimate of drug-likeness (QED) is 0.708. The maximum atomic E-state index is 9.25. The summed E-state index contributed by atoms with van der Waals surface area (Å²) >= 11 is 8.12. The maximum Gasteiger partial charge on any atom is 0.102 e. The van der Waals surface area contributed by atoms with Crippen LogP contribution in [-0.2, 0) is 6.54 Å². The van der Waals surface area contributed by atoms with E-state index in [0.29, 0.717) is 12.1 Å². The fourth-order valence-electron chi connectivity index (χ4n) is 2.32. The molecule has 3 aromatic rings. The summed E-state index contributed by atoms with van der Waals surface area (Å²) in [5, 5.41) is 14.5. The molecule has 0 bridgehead atoms. The largest absolute Gasteiger partial charge is 0.379 e. The van der Waals surface area contributed by atoms with Crippen LogP contribution in [0.1, 0.15) is 16.0 Å². The zero-order valence-electron chi connectivity index (χ0n) is 11.5. The van der Waals surface area contributed by atoms with Gasteiger partial charge in [0, 0.05) is 15.0 Å². The number of hydrogen-bond acceptors (Lipinski definition) is 3. The number of fused-ring (bicyclic) bond motifs is 1. The number of benzene rings is 2. The van der Waals surface area contributed by atoms with Crippen LogP contribution in [-0.4, -0.2) is 0 Å². The third kappa shape index (κ3) is 2.61. The normalized spacial score (nSPS) is 10.5. The first-order valence-corrected chi connectivity index (χ1v) is 7.79. The standard InChI is InChI=1S/C17H13ClN2S/c1-11-5-4-7-14(13(11)9-19)20-10-16-17(18)12-6-2-3-8-15(12)21-16/h2-8,20H,10H2,1H3. The Morgan fingerprint density at radius 3 is 2.76 bits per heavy atom. The van der Waals surface area contributed by atoms with E-state index >= 15 is 0 Å². The van der Waals surface area contributed by atoms with Crippen molar-refractivity contribution in [3.8, 4) is 6.07 Å². The summed E-state index contributed by atoms with van der Waals surface area (Å²) < 4.78 is 1.18. The smallest absolute Gasteiger partial charge is 0.102 e. The van der Waals surface area contributed by atoms with E-state index in [1.807, 2.05) is 43.3 Å². The first-order chi connectivity index (χ1) is 10.2. The Morgan fingerprint density at radius 2 is 2.00 bits per heavy atom. The zero-order chi connectivity index (χ0) is 14.8. The third-order valence-corrected chi connectivity index (χ3v) is 5.14. The minimum absolute atomic E-state index is 0.621. The van der Waals surface area contributed by atoms with Crippen LogP contribution in [0.15, 0.2) is 42.5 Å². The number of nitrogens with one attached hydrogen (secondary N) is 1. The van der Waals surface area contributed by atoms with E-state index < -0.39 is 0 Å². The Balaban J connectivity index is 1.89. The summed E-state index contributed by atoms with van der Waals surface area (Å²) in [6.45, 7) is 2.56. The van der Waals surface area contributed by atoms with Crippen molar-refractivity contribution < 1.29 is 0 Å². The van der Waals surface area contributed by atoms with Gasteiger partial charge in [0.05, 0.1) is 22.8 Å². The molecule has 3 rings (SSSR count). The molecule has 2 nitrogen and oxygen atoms in total. The van der Waals surface area contributed by atoms with Gasteiger partial charge in [-0.3, -0.25) is 0 Å². The van der Waals surface area contributed by atoms with E-state index in [-0.39, 0.29) is 0 Å². The van der Waals surface area contributed by atoms with Crippen LogP contribution in [0.25, 0.3) is 10.1 Å². The summed E-state index contributed by atoms with van der Waals surface area (Å²) in [7, 11) is 0. The molecule has 0 unspecified atom stereocenters. The van der Waals surface area contributed by atoms with Gasteiger partial charge in [0.1, 0.15) is 6.07 Å². The number of halogens is 1. The van der Waals surface area contributed by atoms with E-state index in [1.54, 1.807) is 11.3 Å². The molecule has 0 fully saturated rings. The van der Waals surface area contributed by atoms with E-state index in [2.05, 4.69) is 17.5 Å². The van der Waals surface area contributed by atoms with Crippen molar-refractivity contribution in [1.82, 2.24) is 0 Å². The highest BCUT2D eigenvalue weighted by atomic mass is 35.5. The van der Waals surface area contributed by atoms with Crippen LogP contribution in [0.5, 0.6) is 0 Å². The van der Waals surface area contributed by atoms with Gasteiger partial charge in [0.25, 0.3) is 0 Å². The summed E-state index contributed by atoms with van der Waals surface area (Å²) in [5.41, 5.74) is 2.52. The molecule has 1 aromatic heterocycles. The molecule has 0 aliphatic rings.